The van der Waals surface area contributed by atoms with Crippen LogP contribution in [0.15, 0.2) is 48.5 Å². The van der Waals surface area contributed by atoms with E-state index in [9.17, 15) is 19.2 Å². The van der Waals surface area contributed by atoms with Crippen LogP contribution >= 0.6 is 0 Å². The molecular formula is C25H26N2O4. The third-order valence-corrected chi connectivity index (χ3v) is 6.16. The topological polar surface area (TPSA) is 74.8 Å². The molecule has 0 bridgehead atoms. The Morgan fingerprint density at radius 1 is 0.710 bits per heavy atom. The number of hydrogen-bond acceptors (Lipinski definition) is 4. The maximum Gasteiger partial charge on any atom is 0.261 e. The monoisotopic (exact) mass is 418 g/mol. The molecule has 6 heteroatoms. The molecule has 6 nitrogen and oxygen atoms in total. The molecule has 2 heterocycles. The zero-order chi connectivity index (χ0) is 22.3. The van der Waals surface area contributed by atoms with Crippen molar-refractivity contribution in [3.8, 4) is 0 Å². The molecule has 1 unspecified atom stereocenters. The molecule has 160 valence electrons. The predicted molar refractivity (Wildman–Crippen MR) is 116 cm³/mol. The van der Waals surface area contributed by atoms with Gasteiger partial charge in [-0.05, 0) is 48.4 Å². The zero-order valence-corrected chi connectivity index (χ0v) is 18.1. The van der Waals surface area contributed by atoms with Crippen LogP contribution in [0.4, 0.5) is 0 Å². The lowest BCUT2D eigenvalue weighted by Gasteiger charge is -2.31. The fourth-order valence-corrected chi connectivity index (χ4v) is 4.68. The first-order valence-corrected chi connectivity index (χ1v) is 10.6. The van der Waals surface area contributed by atoms with Crippen LogP contribution in [0.3, 0.4) is 0 Å². The van der Waals surface area contributed by atoms with Crippen molar-refractivity contribution >= 4 is 23.6 Å². The number of carbonyl (C=O) groups is 4. The van der Waals surface area contributed by atoms with E-state index in [0.29, 0.717) is 41.8 Å². The van der Waals surface area contributed by atoms with Crippen molar-refractivity contribution in [1.29, 1.82) is 0 Å². The second-order valence-corrected chi connectivity index (χ2v) is 9.30. The van der Waals surface area contributed by atoms with Crippen LogP contribution in [0.1, 0.15) is 75.0 Å². The van der Waals surface area contributed by atoms with Gasteiger partial charge in [0, 0.05) is 13.1 Å². The van der Waals surface area contributed by atoms with Crippen molar-refractivity contribution in [2.75, 3.05) is 13.1 Å². The minimum absolute atomic E-state index is 0.0828. The summed E-state index contributed by atoms with van der Waals surface area (Å²) < 4.78 is 0. The van der Waals surface area contributed by atoms with E-state index in [0.717, 1.165) is 6.42 Å². The van der Waals surface area contributed by atoms with E-state index in [1.807, 2.05) is 6.92 Å². The van der Waals surface area contributed by atoms with Gasteiger partial charge in [-0.15, -0.1) is 0 Å². The first kappa shape index (κ1) is 21.0. The molecule has 0 aromatic heterocycles. The van der Waals surface area contributed by atoms with Crippen molar-refractivity contribution in [1.82, 2.24) is 9.80 Å². The molecule has 2 aliphatic rings. The number of carbonyl (C=O) groups excluding carboxylic acids is 4. The Morgan fingerprint density at radius 3 is 1.52 bits per heavy atom. The van der Waals surface area contributed by atoms with E-state index < -0.39 is 0 Å². The molecule has 0 spiro atoms. The molecule has 2 aliphatic heterocycles. The maximum atomic E-state index is 12.6. The highest BCUT2D eigenvalue weighted by Gasteiger charge is 2.38. The molecule has 31 heavy (non-hydrogen) atoms. The number of nitrogens with zero attached hydrogens (tertiary/aromatic N) is 2. The normalized spacial score (nSPS) is 16.7. The van der Waals surface area contributed by atoms with Crippen LogP contribution in [0.5, 0.6) is 0 Å². The molecule has 2 aromatic rings. The Balaban J connectivity index is 1.35. The number of fused-ring (bicyclic) bond motifs is 2. The molecule has 0 N–H and O–H groups in total. The molecule has 0 radical (unpaired) electrons. The van der Waals surface area contributed by atoms with Gasteiger partial charge in [0.05, 0.1) is 22.3 Å². The summed E-state index contributed by atoms with van der Waals surface area (Å²) in [5, 5.41) is 0. The molecule has 1 atom stereocenters. The van der Waals surface area contributed by atoms with Gasteiger partial charge in [0.2, 0.25) is 0 Å². The Bertz CT molecular complexity index is 1020. The van der Waals surface area contributed by atoms with Gasteiger partial charge < -0.3 is 0 Å². The third-order valence-electron chi connectivity index (χ3n) is 6.16. The third kappa shape index (κ3) is 3.78. The molecule has 0 fully saturated rings. The first-order chi connectivity index (χ1) is 14.7. The Kier molecular flexibility index (Phi) is 5.25. The van der Waals surface area contributed by atoms with Crippen LogP contribution in [0, 0.1) is 11.3 Å². The van der Waals surface area contributed by atoms with Gasteiger partial charge in [0.1, 0.15) is 0 Å². The van der Waals surface area contributed by atoms with Crippen molar-refractivity contribution in [2.24, 2.45) is 11.3 Å². The molecule has 0 saturated carbocycles. The first-order valence-electron chi connectivity index (χ1n) is 10.6. The van der Waals surface area contributed by atoms with E-state index in [4.69, 9.17) is 0 Å². The van der Waals surface area contributed by atoms with Gasteiger partial charge in [-0.1, -0.05) is 45.0 Å². The average Bonchev–Trinajstić information content (AvgIpc) is 3.12. The quantitative estimate of drug-likeness (QED) is 0.637. The second kappa shape index (κ2) is 7.76. The molecule has 0 saturated heterocycles. The van der Waals surface area contributed by atoms with E-state index in [1.54, 1.807) is 48.5 Å². The number of rotatable bonds is 7. The van der Waals surface area contributed by atoms with E-state index >= 15 is 0 Å². The largest absolute Gasteiger partial charge is 0.274 e. The SMILES string of the molecule is CC(CN1C(=O)c2ccccc2C1=O)CC(C)(C)CCN1C(=O)c2ccccc2C1=O. The summed E-state index contributed by atoms with van der Waals surface area (Å²) in [6, 6.07) is 13.8. The zero-order valence-electron chi connectivity index (χ0n) is 18.1. The fraction of sp³-hybridized carbons (Fsp3) is 0.360. The number of imide groups is 2. The maximum absolute atomic E-state index is 12.6. The van der Waals surface area contributed by atoms with Gasteiger partial charge >= 0.3 is 0 Å². The summed E-state index contributed by atoms with van der Waals surface area (Å²) in [5.41, 5.74) is 1.68. The summed E-state index contributed by atoms with van der Waals surface area (Å²) in [6.45, 7) is 6.89. The van der Waals surface area contributed by atoms with Crippen molar-refractivity contribution in [3.05, 3.63) is 70.8 Å². The van der Waals surface area contributed by atoms with Gasteiger partial charge in [0.15, 0.2) is 0 Å². The van der Waals surface area contributed by atoms with Crippen LogP contribution in [0.2, 0.25) is 0 Å². The lowest BCUT2D eigenvalue weighted by Crippen LogP contribution is -2.36. The van der Waals surface area contributed by atoms with Gasteiger partial charge in [-0.2, -0.15) is 0 Å². The van der Waals surface area contributed by atoms with E-state index in [-0.39, 0.29) is 35.0 Å². The Labute approximate surface area is 181 Å². The summed E-state index contributed by atoms with van der Waals surface area (Å²) >= 11 is 0. The van der Waals surface area contributed by atoms with Crippen molar-refractivity contribution < 1.29 is 19.2 Å². The molecule has 0 aliphatic carbocycles. The van der Waals surface area contributed by atoms with E-state index in [1.165, 1.54) is 9.80 Å². The lowest BCUT2D eigenvalue weighted by molar-refractivity contribution is 0.0584. The highest BCUT2D eigenvalue weighted by Crippen LogP contribution is 2.33. The minimum Gasteiger partial charge on any atom is -0.274 e. The van der Waals surface area contributed by atoms with Crippen molar-refractivity contribution in [2.45, 2.75) is 33.6 Å². The standard InChI is InChI=1S/C25H26N2O4/c1-16(15-27-23(30)19-10-6-7-11-20(19)24(27)31)14-25(2,3)12-13-26-21(28)17-8-4-5-9-18(17)22(26)29/h4-11,16H,12-15H2,1-3H3. The smallest absolute Gasteiger partial charge is 0.261 e. The van der Waals surface area contributed by atoms with Crippen LogP contribution < -0.4 is 0 Å². The highest BCUT2D eigenvalue weighted by atomic mass is 16.2. The van der Waals surface area contributed by atoms with Crippen LogP contribution in [-0.4, -0.2) is 46.5 Å². The Hall–Kier alpha value is -3.28. The van der Waals surface area contributed by atoms with Crippen molar-refractivity contribution in [3.63, 3.8) is 0 Å². The summed E-state index contributed by atoms with van der Waals surface area (Å²) in [4.78, 5) is 53.0. The van der Waals surface area contributed by atoms with Crippen LogP contribution in [-0.2, 0) is 0 Å². The van der Waals surface area contributed by atoms with Crippen LogP contribution in [0.25, 0.3) is 0 Å². The molecular weight excluding hydrogens is 392 g/mol. The summed E-state index contributed by atoms with van der Waals surface area (Å²) in [5.74, 6) is -0.877. The molecule has 4 amide bonds. The predicted octanol–water partition coefficient (Wildman–Crippen LogP) is 4.02. The molecule has 4 rings (SSSR count). The molecule has 2 aromatic carbocycles. The summed E-state index contributed by atoms with van der Waals surface area (Å²) in [7, 11) is 0. The minimum atomic E-state index is -0.240. The van der Waals surface area contributed by atoms with Gasteiger partial charge in [0.25, 0.3) is 23.6 Å². The number of hydrogen-bond donors (Lipinski definition) is 0. The fourth-order valence-electron chi connectivity index (χ4n) is 4.68. The average molecular weight is 418 g/mol. The lowest BCUT2D eigenvalue weighted by atomic mass is 9.80. The van der Waals surface area contributed by atoms with Gasteiger partial charge in [-0.25, -0.2) is 0 Å². The number of amides is 4. The van der Waals surface area contributed by atoms with E-state index in [2.05, 4.69) is 13.8 Å². The highest BCUT2D eigenvalue weighted by molar-refractivity contribution is 6.22. The second-order valence-electron chi connectivity index (χ2n) is 9.30. The summed E-state index contributed by atoms with van der Waals surface area (Å²) in [6.07, 6.45) is 1.40. The Morgan fingerprint density at radius 2 is 1.10 bits per heavy atom. The number of benzene rings is 2. The van der Waals surface area contributed by atoms with Gasteiger partial charge in [-0.3, -0.25) is 29.0 Å².